The topological polar surface area (TPSA) is 82.5 Å². The fourth-order valence-electron chi connectivity index (χ4n) is 7.39. The summed E-state index contributed by atoms with van der Waals surface area (Å²) in [6.07, 6.45) is 3.30. The normalized spacial score (nSPS) is 27.0. The highest BCUT2D eigenvalue weighted by Crippen LogP contribution is 2.59. The van der Waals surface area contributed by atoms with Crippen LogP contribution in [0.2, 0.25) is 0 Å². The molecule has 4 unspecified atom stereocenters. The van der Waals surface area contributed by atoms with Crippen LogP contribution in [0.5, 0.6) is 0 Å². The number of hydrogen-bond donors (Lipinski definition) is 3. The molecule has 3 N–H and O–H groups in total. The van der Waals surface area contributed by atoms with Crippen molar-refractivity contribution in [1.82, 2.24) is 4.98 Å². The lowest BCUT2D eigenvalue weighted by Gasteiger charge is -2.59. The number of halogens is 1. The number of anilines is 1. The Morgan fingerprint density at radius 1 is 1.00 bits per heavy atom. The largest absolute Gasteiger partial charge is 0.387 e. The number of fused-ring (bicyclic) bond motifs is 3. The van der Waals surface area contributed by atoms with Gasteiger partial charge < -0.3 is 15.5 Å². The Labute approximate surface area is 249 Å². The SMILES string of the molecule is Cc1nc(Br)ccc1NC(=O)c1ccc2c(c1)CCC1CC(O)(c3ccccc3)C(C)(O)CC21Cc1ccccc1. The molecule has 6 heteroatoms. The minimum absolute atomic E-state index is 0.150. The van der Waals surface area contributed by atoms with Gasteiger partial charge in [-0.15, -0.1) is 0 Å². The van der Waals surface area contributed by atoms with E-state index in [0.29, 0.717) is 24.1 Å². The second-order valence-electron chi connectivity index (χ2n) is 12.0. The van der Waals surface area contributed by atoms with E-state index in [0.717, 1.165) is 40.7 Å². The van der Waals surface area contributed by atoms with Crippen molar-refractivity contribution in [3.63, 3.8) is 0 Å². The van der Waals surface area contributed by atoms with Crippen molar-refractivity contribution in [3.8, 4) is 0 Å². The third kappa shape index (κ3) is 4.92. The van der Waals surface area contributed by atoms with Crippen LogP contribution in [0.1, 0.15) is 64.5 Å². The standard InChI is InChI=1S/C35H35BrN2O3/c1-23-30(17-18-31(36)37-23)38-32(39)26-14-16-29-25(19-26)13-15-28-21-35(41,27-11-7-4-8-12-27)33(2,40)22-34(28,29)20-24-9-5-3-6-10-24/h3-12,14,16-19,28,40-41H,13,15,20-22H2,1-2H3,(H,38,39). The zero-order chi connectivity index (χ0) is 28.8. The van der Waals surface area contributed by atoms with Crippen LogP contribution in [-0.2, 0) is 23.9 Å². The summed E-state index contributed by atoms with van der Waals surface area (Å²) in [5, 5.41) is 27.2. The van der Waals surface area contributed by atoms with E-state index in [2.05, 4.69) is 56.6 Å². The van der Waals surface area contributed by atoms with Crippen molar-refractivity contribution < 1.29 is 15.0 Å². The van der Waals surface area contributed by atoms with Gasteiger partial charge in [0.05, 0.1) is 17.0 Å². The van der Waals surface area contributed by atoms with Crippen LogP contribution < -0.4 is 5.32 Å². The first-order valence-electron chi connectivity index (χ1n) is 14.2. The number of hydrogen-bond acceptors (Lipinski definition) is 4. The average Bonchev–Trinajstić information content (AvgIpc) is 2.96. The molecule has 0 spiro atoms. The highest BCUT2D eigenvalue weighted by molar-refractivity contribution is 9.10. The number of pyridine rings is 1. The molecule has 1 saturated carbocycles. The Balaban J connectivity index is 1.40. The lowest BCUT2D eigenvalue weighted by atomic mass is 9.48. The fourth-order valence-corrected chi connectivity index (χ4v) is 7.79. The highest BCUT2D eigenvalue weighted by atomic mass is 79.9. The number of amides is 1. The molecule has 1 heterocycles. The van der Waals surface area contributed by atoms with E-state index in [4.69, 9.17) is 0 Å². The lowest BCUT2D eigenvalue weighted by molar-refractivity contribution is -0.204. The number of aliphatic hydroxyl groups is 2. The Kier molecular flexibility index (Phi) is 7.13. The maximum atomic E-state index is 13.3. The molecular weight excluding hydrogens is 576 g/mol. The number of carbonyl (C=O) groups excluding carboxylic acids is 1. The van der Waals surface area contributed by atoms with Gasteiger partial charge in [0.2, 0.25) is 0 Å². The molecule has 2 aliphatic carbocycles. The molecule has 5 nitrogen and oxygen atoms in total. The molecule has 41 heavy (non-hydrogen) atoms. The van der Waals surface area contributed by atoms with Crippen LogP contribution in [0, 0.1) is 12.8 Å². The first kappa shape index (κ1) is 27.8. The third-order valence-electron chi connectivity index (χ3n) is 9.45. The van der Waals surface area contributed by atoms with E-state index in [1.807, 2.05) is 67.6 Å². The lowest BCUT2D eigenvalue weighted by Crippen LogP contribution is -2.62. The number of aryl methyl sites for hydroxylation is 2. The summed E-state index contributed by atoms with van der Waals surface area (Å²) in [5.41, 5.74) is 3.18. The van der Waals surface area contributed by atoms with Crippen LogP contribution in [0.15, 0.2) is 95.6 Å². The molecule has 0 aliphatic heterocycles. The monoisotopic (exact) mass is 610 g/mol. The van der Waals surface area contributed by atoms with Gasteiger partial charge >= 0.3 is 0 Å². The van der Waals surface area contributed by atoms with Crippen LogP contribution in [-0.4, -0.2) is 26.7 Å². The minimum atomic E-state index is -1.36. The predicted octanol–water partition coefficient (Wildman–Crippen LogP) is 6.88. The van der Waals surface area contributed by atoms with Gasteiger partial charge in [0.15, 0.2) is 0 Å². The van der Waals surface area contributed by atoms with Gasteiger partial charge in [-0.2, -0.15) is 0 Å². The summed E-state index contributed by atoms with van der Waals surface area (Å²) in [6.45, 7) is 3.65. The summed E-state index contributed by atoms with van der Waals surface area (Å²) in [5.74, 6) is -0.0230. The van der Waals surface area contributed by atoms with Crippen molar-refractivity contribution in [2.45, 2.75) is 62.6 Å². The number of nitrogens with one attached hydrogen (secondary N) is 1. The first-order chi connectivity index (χ1) is 19.6. The van der Waals surface area contributed by atoms with Crippen LogP contribution >= 0.6 is 15.9 Å². The molecule has 1 aromatic heterocycles. The predicted molar refractivity (Wildman–Crippen MR) is 165 cm³/mol. The summed E-state index contributed by atoms with van der Waals surface area (Å²) < 4.78 is 0.725. The van der Waals surface area contributed by atoms with E-state index in [9.17, 15) is 15.0 Å². The van der Waals surface area contributed by atoms with Crippen molar-refractivity contribution in [3.05, 3.63) is 129 Å². The molecule has 0 radical (unpaired) electrons. The molecule has 2 aliphatic rings. The van der Waals surface area contributed by atoms with Crippen molar-refractivity contribution in [2.24, 2.45) is 5.92 Å². The van der Waals surface area contributed by atoms with Crippen LogP contribution in [0.3, 0.4) is 0 Å². The third-order valence-corrected chi connectivity index (χ3v) is 9.90. The Hall–Kier alpha value is -3.32. The van der Waals surface area contributed by atoms with Gasteiger partial charge in [0.25, 0.3) is 5.91 Å². The molecule has 210 valence electrons. The van der Waals surface area contributed by atoms with Crippen molar-refractivity contribution in [2.75, 3.05) is 5.32 Å². The molecule has 0 saturated heterocycles. The summed E-state index contributed by atoms with van der Waals surface area (Å²) in [7, 11) is 0. The molecule has 1 amide bonds. The van der Waals surface area contributed by atoms with E-state index in [-0.39, 0.29) is 17.2 Å². The Bertz CT molecular complexity index is 1590. The molecule has 3 aromatic carbocycles. The smallest absolute Gasteiger partial charge is 0.255 e. The zero-order valence-electron chi connectivity index (χ0n) is 23.4. The zero-order valence-corrected chi connectivity index (χ0v) is 25.0. The summed E-state index contributed by atoms with van der Waals surface area (Å²) >= 11 is 3.38. The number of benzene rings is 3. The molecule has 6 rings (SSSR count). The van der Waals surface area contributed by atoms with E-state index >= 15 is 0 Å². The average molecular weight is 612 g/mol. The van der Waals surface area contributed by atoms with Gasteiger partial charge in [-0.3, -0.25) is 4.79 Å². The molecule has 4 aromatic rings. The Morgan fingerprint density at radius 2 is 1.71 bits per heavy atom. The fraction of sp³-hybridized carbons (Fsp3) is 0.314. The van der Waals surface area contributed by atoms with Gasteiger partial charge in [-0.05, 0) is 114 Å². The van der Waals surface area contributed by atoms with Crippen molar-refractivity contribution >= 4 is 27.5 Å². The Morgan fingerprint density at radius 3 is 2.41 bits per heavy atom. The summed E-state index contributed by atoms with van der Waals surface area (Å²) in [4.78, 5) is 17.7. The number of nitrogens with zero attached hydrogens (tertiary/aromatic N) is 1. The second kappa shape index (κ2) is 10.5. The maximum Gasteiger partial charge on any atom is 0.255 e. The van der Waals surface area contributed by atoms with Crippen molar-refractivity contribution in [1.29, 1.82) is 0 Å². The first-order valence-corrected chi connectivity index (χ1v) is 15.0. The quantitative estimate of drug-likeness (QED) is 0.215. The van der Waals surface area contributed by atoms with Crippen LogP contribution in [0.4, 0.5) is 5.69 Å². The molecule has 4 atom stereocenters. The maximum absolute atomic E-state index is 13.3. The van der Waals surface area contributed by atoms with Gasteiger partial charge in [-0.1, -0.05) is 66.7 Å². The molecular formula is C35H35BrN2O3. The van der Waals surface area contributed by atoms with Gasteiger partial charge in [0, 0.05) is 11.0 Å². The summed E-state index contributed by atoms with van der Waals surface area (Å²) in [6, 6.07) is 29.7. The van der Waals surface area contributed by atoms with Gasteiger partial charge in [-0.25, -0.2) is 4.98 Å². The second-order valence-corrected chi connectivity index (χ2v) is 12.8. The molecule has 1 fully saturated rings. The number of aromatic nitrogens is 1. The van der Waals surface area contributed by atoms with Gasteiger partial charge in [0.1, 0.15) is 10.2 Å². The van der Waals surface area contributed by atoms with E-state index < -0.39 is 11.2 Å². The minimum Gasteiger partial charge on any atom is -0.387 e. The van der Waals surface area contributed by atoms with Crippen LogP contribution in [0.25, 0.3) is 0 Å². The number of carbonyl (C=O) groups is 1. The van der Waals surface area contributed by atoms with E-state index in [1.165, 1.54) is 11.1 Å². The highest BCUT2D eigenvalue weighted by Gasteiger charge is 2.61. The number of rotatable bonds is 5. The van der Waals surface area contributed by atoms with E-state index in [1.54, 1.807) is 6.92 Å². The molecule has 0 bridgehead atoms.